The van der Waals surface area contributed by atoms with Gasteiger partial charge in [0.05, 0.1) is 5.52 Å². The number of amides is 1. The number of carbonyl (C=O) groups is 1. The lowest BCUT2D eigenvalue weighted by Gasteiger charge is -2.17. The first-order chi connectivity index (χ1) is 11.1. The predicted molar refractivity (Wildman–Crippen MR) is 92.5 cm³/mol. The number of pyridine rings is 1. The van der Waals surface area contributed by atoms with Gasteiger partial charge in [0.25, 0.3) is 0 Å². The van der Waals surface area contributed by atoms with E-state index in [4.69, 9.17) is 0 Å². The molecule has 2 heterocycles. The Bertz CT molecular complexity index is 767. The zero-order chi connectivity index (χ0) is 16.0. The molecule has 1 aromatic heterocycles. The highest BCUT2D eigenvalue weighted by Crippen LogP contribution is 2.33. The van der Waals surface area contributed by atoms with Crippen LogP contribution in [0.5, 0.6) is 0 Å². The number of hydrogen-bond donors (Lipinski definition) is 1. The van der Waals surface area contributed by atoms with Gasteiger partial charge in [-0.05, 0) is 44.4 Å². The standard InChI is InChI=1S/C19H23N3O/c1-12-7-13(2)19-16(8-12)17(5-6-20-19)21-10-14-9-18(23)22(11-14)15-3-4-15/h5-8,14-15H,3-4,9-11H2,1-2H3,(H,20,21). The Morgan fingerprint density at radius 1 is 1.30 bits per heavy atom. The van der Waals surface area contributed by atoms with Crippen molar-refractivity contribution in [2.24, 2.45) is 5.92 Å². The molecule has 4 rings (SSSR count). The van der Waals surface area contributed by atoms with Crippen LogP contribution in [-0.4, -0.2) is 34.9 Å². The highest BCUT2D eigenvalue weighted by molar-refractivity contribution is 5.93. The molecule has 23 heavy (non-hydrogen) atoms. The van der Waals surface area contributed by atoms with Gasteiger partial charge in [0.1, 0.15) is 0 Å². The zero-order valence-electron chi connectivity index (χ0n) is 13.8. The van der Waals surface area contributed by atoms with Crippen molar-refractivity contribution < 1.29 is 4.79 Å². The lowest BCUT2D eigenvalue weighted by Crippen LogP contribution is -2.28. The van der Waals surface area contributed by atoms with E-state index < -0.39 is 0 Å². The quantitative estimate of drug-likeness (QED) is 0.943. The topological polar surface area (TPSA) is 45.2 Å². The van der Waals surface area contributed by atoms with E-state index in [9.17, 15) is 4.79 Å². The number of rotatable bonds is 4. The van der Waals surface area contributed by atoms with Gasteiger partial charge in [-0.1, -0.05) is 11.6 Å². The summed E-state index contributed by atoms with van der Waals surface area (Å²) in [6, 6.07) is 6.94. The monoisotopic (exact) mass is 309 g/mol. The number of anilines is 1. The normalized spacial score (nSPS) is 21.2. The summed E-state index contributed by atoms with van der Waals surface area (Å²) in [5, 5.41) is 4.74. The van der Waals surface area contributed by atoms with Gasteiger partial charge in [0.2, 0.25) is 5.91 Å². The maximum atomic E-state index is 12.1. The summed E-state index contributed by atoms with van der Waals surface area (Å²) in [6.45, 7) is 5.99. The minimum absolute atomic E-state index is 0.338. The summed E-state index contributed by atoms with van der Waals surface area (Å²) in [4.78, 5) is 18.7. The van der Waals surface area contributed by atoms with E-state index in [0.29, 0.717) is 24.3 Å². The van der Waals surface area contributed by atoms with Gasteiger partial charge < -0.3 is 10.2 Å². The second kappa shape index (κ2) is 5.52. The van der Waals surface area contributed by atoms with Gasteiger partial charge in [-0.3, -0.25) is 9.78 Å². The molecule has 1 amide bonds. The molecule has 4 nitrogen and oxygen atoms in total. The number of nitrogens with zero attached hydrogens (tertiary/aromatic N) is 2. The van der Waals surface area contributed by atoms with Gasteiger partial charge in [-0.15, -0.1) is 0 Å². The summed E-state index contributed by atoms with van der Waals surface area (Å²) in [6.07, 6.45) is 4.94. The van der Waals surface area contributed by atoms with Gasteiger partial charge in [-0.2, -0.15) is 0 Å². The van der Waals surface area contributed by atoms with E-state index in [0.717, 1.165) is 24.3 Å². The molecule has 4 heteroatoms. The molecule has 1 saturated carbocycles. The summed E-state index contributed by atoms with van der Waals surface area (Å²) in [5.41, 5.74) is 4.64. The fourth-order valence-electron chi connectivity index (χ4n) is 3.71. The molecule has 1 aromatic carbocycles. The van der Waals surface area contributed by atoms with Gasteiger partial charge in [-0.25, -0.2) is 0 Å². The molecular weight excluding hydrogens is 286 g/mol. The number of likely N-dealkylation sites (tertiary alicyclic amines) is 1. The van der Waals surface area contributed by atoms with Gasteiger partial charge in [0.15, 0.2) is 0 Å². The molecule has 120 valence electrons. The molecule has 2 aliphatic rings. The minimum atomic E-state index is 0.338. The van der Waals surface area contributed by atoms with Crippen molar-refractivity contribution in [3.8, 4) is 0 Å². The summed E-state index contributed by atoms with van der Waals surface area (Å²) >= 11 is 0. The third-order valence-corrected chi connectivity index (χ3v) is 4.99. The average Bonchev–Trinajstić information content (AvgIpc) is 3.29. The summed E-state index contributed by atoms with van der Waals surface area (Å²) < 4.78 is 0. The lowest BCUT2D eigenvalue weighted by atomic mass is 10.0. The number of fused-ring (bicyclic) bond motifs is 1. The Morgan fingerprint density at radius 2 is 2.13 bits per heavy atom. The van der Waals surface area contributed by atoms with E-state index >= 15 is 0 Å². The van der Waals surface area contributed by atoms with Crippen LogP contribution in [0.2, 0.25) is 0 Å². The van der Waals surface area contributed by atoms with E-state index in [-0.39, 0.29) is 0 Å². The minimum Gasteiger partial charge on any atom is -0.384 e. The Kier molecular flexibility index (Phi) is 3.47. The zero-order valence-corrected chi connectivity index (χ0v) is 13.8. The fraction of sp³-hybridized carbons (Fsp3) is 0.474. The SMILES string of the molecule is Cc1cc(C)c2nccc(NCC3CC(=O)N(C4CC4)C3)c2c1. The second-order valence-corrected chi connectivity index (χ2v) is 7.06. The number of hydrogen-bond acceptors (Lipinski definition) is 3. The predicted octanol–water partition coefficient (Wildman–Crippen LogP) is 3.27. The molecule has 0 bridgehead atoms. The van der Waals surface area contributed by atoms with Crippen LogP contribution in [0, 0.1) is 19.8 Å². The third kappa shape index (κ3) is 2.78. The molecule has 1 N–H and O–H groups in total. The van der Waals surface area contributed by atoms with Crippen molar-refractivity contribution in [1.82, 2.24) is 9.88 Å². The van der Waals surface area contributed by atoms with Crippen LogP contribution in [0.3, 0.4) is 0 Å². The van der Waals surface area contributed by atoms with Crippen molar-refractivity contribution >= 4 is 22.5 Å². The number of nitrogens with one attached hydrogen (secondary N) is 1. The van der Waals surface area contributed by atoms with Gasteiger partial charge >= 0.3 is 0 Å². The Hall–Kier alpha value is -2.10. The molecular formula is C19H23N3O. The first-order valence-corrected chi connectivity index (χ1v) is 8.51. The van der Waals surface area contributed by atoms with Crippen molar-refractivity contribution in [3.63, 3.8) is 0 Å². The highest BCUT2D eigenvalue weighted by Gasteiger charge is 2.39. The Balaban J connectivity index is 1.51. The van der Waals surface area contributed by atoms with E-state index in [1.807, 2.05) is 12.3 Å². The van der Waals surface area contributed by atoms with E-state index in [1.54, 1.807) is 0 Å². The van der Waals surface area contributed by atoms with Crippen molar-refractivity contribution in [2.45, 2.75) is 39.2 Å². The molecule has 1 aliphatic heterocycles. The molecule has 1 saturated heterocycles. The third-order valence-electron chi connectivity index (χ3n) is 4.99. The maximum Gasteiger partial charge on any atom is 0.223 e. The lowest BCUT2D eigenvalue weighted by molar-refractivity contribution is -0.128. The van der Waals surface area contributed by atoms with Crippen LogP contribution in [0.4, 0.5) is 5.69 Å². The number of aryl methyl sites for hydroxylation is 2. The maximum absolute atomic E-state index is 12.1. The number of carbonyl (C=O) groups excluding carboxylic acids is 1. The Labute approximate surface area is 136 Å². The summed E-state index contributed by atoms with van der Waals surface area (Å²) in [7, 11) is 0. The number of benzene rings is 1. The van der Waals surface area contributed by atoms with E-state index in [2.05, 4.69) is 41.2 Å². The average molecular weight is 309 g/mol. The van der Waals surface area contributed by atoms with E-state index in [1.165, 1.54) is 29.4 Å². The van der Waals surface area contributed by atoms with Crippen molar-refractivity contribution in [1.29, 1.82) is 0 Å². The fourth-order valence-corrected chi connectivity index (χ4v) is 3.71. The van der Waals surface area contributed by atoms with Gasteiger partial charge in [0, 0.05) is 48.7 Å². The largest absolute Gasteiger partial charge is 0.384 e. The first-order valence-electron chi connectivity index (χ1n) is 8.51. The van der Waals surface area contributed by atoms with Crippen molar-refractivity contribution in [3.05, 3.63) is 35.5 Å². The van der Waals surface area contributed by atoms with Crippen LogP contribution in [0.15, 0.2) is 24.4 Å². The summed E-state index contributed by atoms with van der Waals surface area (Å²) in [5.74, 6) is 0.753. The smallest absolute Gasteiger partial charge is 0.223 e. The molecule has 2 aromatic rings. The van der Waals surface area contributed by atoms with Crippen LogP contribution < -0.4 is 5.32 Å². The van der Waals surface area contributed by atoms with Crippen LogP contribution in [0.1, 0.15) is 30.4 Å². The molecule has 1 unspecified atom stereocenters. The van der Waals surface area contributed by atoms with Crippen LogP contribution >= 0.6 is 0 Å². The first kappa shape index (κ1) is 14.5. The molecule has 1 aliphatic carbocycles. The Morgan fingerprint density at radius 3 is 2.91 bits per heavy atom. The van der Waals surface area contributed by atoms with Crippen LogP contribution in [-0.2, 0) is 4.79 Å². The number of aromatic nitrogens is 1. The van der Waals surface area contributed by atoms with Crippen LogP contribution in [0.25, 0.3) is 10.9 Å². The molecule has 2 fully saturated rings. The second-order valence-electron chi connectivity index (χ2n) is 7.06. The highest BCUT2D eigenvalue weighted by atomic mass is 16.2. The molecule has 0 spiro atoms. The molecule has 0 radical (unpaired) electrons. The van der Waals surface area contributed by atoms with Crippen molar-refractivity contribution in [2.75, 3.05) is 18.4 Å². The molecule has 1 atom stereocenters.